The summed E-state index contributed by atoms with van der Waals surface area (Å²) in [7, 11) is -3.95. The average molecular weight is 484 g/mol. The van der Waals surface area contributed by atoms with E-state index in [1.807, 2.05) is 55.5 Å². The fraction of sp³-hybridized carbons (Fsp3) is 0.200. The van der Waals surface area contributed by atoms with Crippen LogP contribution in [-0.2, 0) is 27.8 Å². The number of hydrazone groups is 1. The van der Waals surface area contributed by atoms with Gasteiger partial charge in [-0.05, 0) is 54.3 Å². The molecular formula is C25H26ClN3O3S. The number of amides is 1. The van der Waals surface area contributed by atoms with Gasteiger partial charge >= 0.3 is 0 Å². The van der Waals surface area contributed by atoms with Crippen LogP contribution in [0.5, 0.6) is 0 Å². The van der Waals surface area contributed by atoms with Gasteiger partial charge in [0.25, 0.3) is 5.91 Å². The Balaban J connectivity index is 1.77. The maximum absolute atomic E-state index is 13.3. The third kappa shape index (κ3) is 6.99. The molecule has 0 heterocycles. The van der Waals surface area contributed by atoms with Gasteiger partial charge in [0.15, 0.2) is 0 Å². The molecule has 0 unspecified atom stereocenters. The highest BCUT2D eigenvalue weighted by atomic mass is 35.5. The van der Waals surface area contributed by atoms with Crippen molar-refractivity contribution in [2.45, 2.75) is 31.7 Å². The Morgan fingerprint density at radius 3 is 2.36 bits per heavy atom. The summed E-state index contributed by atoms with van der Waals surface area (Å²) >= 11 is 5.91. The molecule has 0 aromatic heterocycles. The van der Waals surface area contributed by atoms with Crippen LogP contribution in [0.2, 0.25) is 5.02 Å². The summed E-state index contributed by atoms with van der Waals surface area (Å²) < 4.78 is 27.7. The van der Waals surface area contributed by atoms with Gasteiger partial charge in [-0.2, -0.15) is 9.41 Å². The third-order valence-corrected chi connectivity index (χ3v) is 7.06. The van der Waals surface area contributed by atoms with Crippen molar-refractivity contribution >= 4 is 33.7 Å². The van der Waals surface area contributed by atoms with Crippen molar-refractivity contribution < 1.29 is 13.2 Å². The lowest BCUT2D eigenvalue weighted by atomic mass is 10.1. The molecule has 0 radical (unpaired) electrons. The van der Waals surface area contributed by atoms with Gasteiger partial charge in [0.05, 0.1) is 17.7 Å². The van der Waals surface area contributed by atoms with Crippen molar-refractivity contribution in [2.24, 2.45) is 5.10 Å². The van der Waals surface area contributed by atoms with Crippen LogP contribution in [0, 0.1) is 6.92 Å². The Hall–Kier alpha value is -3.00. The number of sulfonamides is 1. The smallest absolute Gasteiger partial charge is 0.255 e. The molecule has 0 atom stereocenters. The van der Waals surface area contributed by atoms with Crippen LogP contribution in [0.25, 0.3) is 0 Å². The van der Waals surface area contributed by atoms with Crippen LogP contribution in [0.4, 0.5) is 0 Å². The zero-order valence-corrected chi connectivity index (χ0v) is 20.1. The van der Waals surface area contributed by atoms with E-state index in [0.29, 0.717) is 5.02 Å². The molecule has 172 valence electrons. The lowest BCUT2D eigenvalue weighted by molar-refractivity contribution is -0.121. The van der Waals surface area contributed by atoms with Crippen molar-refractivity contribution in [3.8, 4) is 0 Å². The van der Waals surface area contributed by atoms with Gasteiger partial charge in [-0.1, -0.05) is 72.6 Å². The average Bonchev–Trinajstić information content (AvgIpc) is 2.79. The highest BCUT2D eigenvalue weighted by Crippen LogP contribution is 2.21. The second-order valence-electron chi connectivity index (χ2n) is 7.60. The summed E-state index contributed by atoms with van der Waals surface area (Å²) in [6, 6.07) is 21.2. The quantitative estimate of drug-likeness (QED) is 0.358. The van der Waals surface area contributed by atoms with Crippen LogP contribution in [0.3, 0.4) is 0 Å². The second kappa shape index (κ2) is 11.2. The zero-order valence-electron chi connectivity index (χ0n) is 18.5. The Labute approximate surface area is 200 Å². The van der Waals surface area contributed by atoms with Gasteiger partial charge in [-0.3, -0.25) is 4.79 Å². The minimum absolute atomic E-state index is 0.0439. The molecule has 0 aliphatic rings. The lowest BCUT2D eigenvalue weighted by Gasteiger charge is -2.21. The summed E-state index contributed by atoms with van der Waals surface area (Å²) in [5.41, 5.74) is 6.24. The topological polar surface area (TPSA) is 78.8 Å². The van der Waals surface area contributed by atoms with Gasteiger partial charge in [0.2, 0.25) is 10.0 Å². The highest BCUT2D eigenvalue weighted by molar-refractivity contribution is 7.89. The number of carbonyl (C=O) groups excluding carboxylic acids is 1. The first-order valence-corrected chi connectivity index (χ1v) is 12.3. The lowest BCUT2D eigenvalue weighted by Crippen LogP contribution is -2.39. The van der Waals surface area contributed by atoms with E-state index in [1.54, 1.807) is 0 Å². The molecule has 0 aliphatic heterocycles. The molecule has 0 saturated carbocycles. The predicted octanol–water partition coefficient (Wildman–Crippen LogP) is 4.55. The molecule has 3 rings (SSSR count). The van der Waals surface area contributed by atoms with Crippen LogP contribution < -0.4 is 5.43 Å². The zero-order chi connectivity index (χ0) is 23.8. The fourth-order valence-electron chi connectivity index (χ4n) is 3.21. The molecule has 3 aromatic rings. The van der Waals surface area contributed by atoms with E-state index in [9.17, 15) is 13.2 Å². The second-order valence-corrected chi connectivity index (χ2v) is 9.98. The van der Waals surface area contributed by atoms with Crippen molar-refractivity contribution in [2.75, 3.05) is 6.54 Å². The number of rotatable bonds is 9. The summed E-state index contributed by atoms with van der Waals surface area (Å²) in [4.78, 5) is 12.6. The number of hydrogen-bond donors (Lipinski definition) is 1. The number of nitrogens with zero attached hydrogens (tertiary/aromatic N) is 2. The van der Waals surface area contributed by atoms with Gasteiger partial charge in [0.1, 0.15) is 0 Å². The van der Waals surface area contributed by atoms with Crippen molar-refractivity contribution in [1.29, 1.82) is 0 Å². The molecule has 3 aromatic carbocycles. The largest absolute Gasteiger partial charge is 0.272 e. The van der Waals surface area contributed by atoms with Gasteiger partial charge in [-0.15, -0.1) is 0 Å². The van der Waals surface area contributed by atoms with E-state index in [0.717, 1.165) is 27.4 Å². The molecule has 6 nitrogen and oxygen atoms in total. The minimum Gasteiger partial charge on any atom is -0.272 e. The van der Waals surface area contributed by atoms with Crippen LogP contribution in [0.15, 0.2) is 82.8 Å². The first-order valence-electron chi connectivity index (χ1n) is 10.5. The van der Waals surface area contributed by atoms with E-state index in [1.165, 1.54) is 36.0 Å². The van der Waals surface area contributed by atoms with E-state index >= 15 is 0 Å². The number of benzene rings is 3. The SMILES string of the molecule is CCc1ccc(/C=N\NC(=O)CN(Cc2cccc(C)c2)S(=O)(=O)c2ccc(Cl)cc2)cc1. The van der Waals surface area contributed by atoms with Crippen LogP contribution >= 0.6 is 11.6 Å². The molecular weight excluding hydrogens is 458 g/mol. The molecule has 1 amide bonds. The van der Waals surface area contributed by atoms with Crippen LogP contribution in [0.1, 0.15) is 29.2 Å². The normalized spacial score (nSPS) is 11.8. The van der Waals surface area contributed by atoms with E-state index in [-0.39, 0.29) is 18.0 Å². The molecule has 8 heteroatoms. The fourth-order valence-corrected chi connectivity index (χ4v) is 4.72. The van der Waals surface area contributed by atoms with E-state index in [4.69, 9.17) is 11.6 Å². The standard InChI is InChI=1S/C25H26ClN3O3S/c1-3-20-7-9-21(10-8-20)16-27-28-25(30)18-29(17-22-6-4-5-19(2)15-22)33(31,32)24-13-11-23(26)12-14-24/h4-16H,3,17-18H2,1-2H3,(H,28,30)/b27-16-. The Kier molecular flexibility index (Phi) is 8.38. The van der Waals surface area contributed by atoms with Crippen LogP contribution in [-0.4, -0.2) is 31.4 Å². The number of carbonyl (C=O) groups is 1. The van der Waals surface area contributed by atoms with Gasteiger partial charge in [-0.25, -0.2) is 13.8 Å². The first-order chi connectivity index (χ1) is 15.8. The molecule has 33 heavy (non-hydrogen) atoms. The van der Waals surface area contributed by atoms with Gasteiger partial charge in [0, 0.05) is 11.6 Å². The summed E-state index contributed by atoms with van der Waals surface area (Å²) in [5.74, 6) is -0.540. The number of aryl methyl sites for hydroxylation is 2. The molecule has 0 aliphatic carbocycles. The number of nitrogens with one attached hydrogen (secondary N) is 1. The maximum atomic E-state index is 13.3. The van der Waals surface area contributed by atoms with Crippen molar-refractivity contribution in [3.63, 3.8) is 0 Å². The molecule has 1 N–H and O–H groups in total. The maximum Gasteiger partial charge on any atom is 0.255 e. The first kappa shape index (κ1) is 24.6. The van der Waals surface area contributed by atoms with E-state index in [2.05, 4.69) is 17.5 Å². The van der Waals surface area contributed by atoms with Gasteiger partial charge < -0.3 is 0 Å². The van der Waals surface area contributed by atoms with Crippen molar-refractivity contribution in [1.82, 2.24) is 9.73 Å². The van der Waals surface area contributed by atoms with E-state index < -0.39 is 15.9 Å². The summed E-state index contributed by atoms with van der Waals surface area (Å²) in [6.07, 6.45) is 2.46. The van der Waals surface area contributed by atoms with Crippen molar-refractivity contribution in [3.05, 3.63) is 100 Å². The Bertz CT molecular complexity index is 1220. The minimum atomic E-state index is -3.95. The molecule has 0 fully saturated rings. The monoisotopic (exact) mass is 483 g/mol. The highest BCUT2D eigenvalue weighted by Gasteiger charge is 2.27. The molecule has 0 spiro atoms. The number of hydrogen-bond acceptors (Lipinski definition) is 4. The molecule has 0 saturated heterocycles. The Morgan fingerprint density at radius 2 is 1.73 bits per heavy atom. The molecule has 0 bridgehead atoms. The summed E-state index contributed by atoms with van der Waals surface area (Å²) in [5, 5.41) is 4.40. The Morgan fingerprint density at radius 1 is 1.03 bits per heavy atom. The summed E-state index contributed by atoms with van der Waals surface area (Å²) in [6.45, 7) is 3.66. The number of halogens is 1. The predicted molar refractivity (Wildman–Crippen MR) is 132 cm³/mol. The third-order valence-electron chi connectivity index (χ3n) is 5.00.